The number of esters is 1. The Morgan fingerprint density at radius 2 is 2.00 bits per heavy atom. The molecule has 0 radical (unpaired) electrons. The summed E-state index contributed by atoms with van der Waals surface area (Å²) in [5.74, 6) is 0.264. The van der Waals surface area contributed by atoms with Crippen molar-refractivity contribution in [1.82, 2.24) is 5.32 Å². The van der Waals surface area contributed by atoms with Crippen LogP contribution >= 0.6 is 0 Å². The van der Waals surface area contributed by atoms with E-state index in [0.29, 0.717) is 31.9 Å². The number of fused-ring (bicyclic) bond motifs is 1. The minimum absolute atomic E-state index is 0.148. The summed E-state index contributed by atoms with van der Waals surface area (Å²) >= 11 is 0. The number of benzene rings is 1. The van der Waals surface area contributed by atoms with Crippen LogP contribution in [0.5, 0.6) is 0 Å². The van der Waals surface area contributed by atoms with Crippen LogP contribution in [0.25, 0.3) is 0 Å². The summed E-state index contributed by atoms with van der Waals surface area (Å²) in [6.45, 7) is 8.46. The number of amides is 1. The lowest BCUT2D eigenvalue weighted by molar-refractivity contribution is -0.143. The Balaban J connectivity index is 1.87. The van der Waals surface area contributed by atoms with Gasteiger partial charge in [-0.25, -0.2) is 4.79 Å². The summed E-state index contributed by atoms with van der Waals surface area (Å²) in [6, 6.07) is 6.48. The first-order valence-electron chi connectivity index (χ1n) is 9.50. The molecule has 26 heavy (non-hydrogen) atoms. The van der Waals surface area contributed by atoms with Crippen LogP contribution in [0.2, 0.25) is 0 Å². The maximum atomic E-state index is 11.8. The average Bonchev–Trinajstić information content (AvgIpc) is 2.56. The lowest BCUT2D eigenvalue weighted by atomic mass is 9.83. The molecule has 0 saturated heterocycles. The van der Waals surface area contributed by atoms with Crippen LogP contribution in [0, 0.1) is 5.92 Å². The SMILES string of the molecule is CCOC(=O)CCc1ccc2c(c1)CC(CNC(=O)OC(C)(C)C)CC2. The Hall–Kier alpha value is -2.04. The van der Waals surface area contributed by atoms with Gasteiger partial charge in [-0.2, -0.15) is 0 Å². The molecule has 1 aliphatic carbocycles. The second-order valence-electron chi connectivity index (χ2n) is 7.90. The quantitative estimate of drug-likeness (QED) is 0.783. The molecular formula is C21H31NO4. The fourth-order valence-corrected chi connectivity index (χ4v) is 3.24. The Morgan fingerprint density at radius 3 is 2.69 bits per heavy atom. The Morgan fingerprint density at radius 1 is 1.23 bits per heavy atom. The predicted octanol–water partition coefficient (Wildman–Crippen LogP) is 3.81. The largest absolute Gasteiger partial charge is 0.466 e. The molecule has 0 aromatic heterocycles. The van der Waals surface area contributed by atoms with Crippen LogP contribution in [-0.4, -0.2) is 30.8 Å². The zero-order valence-corrected chi connectivity index (χ0v) is 16.4. The molecule has 0 saturated carbocycles. The number of carbonyl (C=O) groups excluding carboxylic acids is 2. The molecule has 1 N–H and O–H groups in total. The zero-order chi connectivity index (χ0) is 19.2. The third-order valence-electron chi connectivity index (χ3n) is 4.46. The summed E-state index contributed by atoms with van der Waals surface area (Å²) in [4.78, 5) is 23.4. The first-order valence-corrected chi connectivity index (χ1v) is 9.50. The van der Waals surface area contributed by atoms with Crippen LogP contribution in [-0.2, 0) is 33.5 Å². The van der Waals surface area contributed by atoms with Crippen molar-refractivity contribution >= 4 is 12.1 Å². The van der Waals surface area contributed by atoms with Crippen molar-refractivity contribution in [2.75, 3.05) is 13.2 Å². The highest BCUT2D eigenvalue weighted by Crippen LogP contribution is 2.26. The highest BCUT2D eigenvalue weighted by Gasteiger charge is 2.21. The number of ether oxygens (including phenoxy) is 2. The topological polar surface area (TPSA) is 64.6 Å². The molecule has 0 spiro atoms. The minimum Gasteiger partial charge on any atom is -0.466 e. The molecule has 0 heterocycles. The van der Waals surface area contributed by atoms with Crippen molar-refractivity contribution in [3.05, 3.63) is 34.9 Å². The van der Waals surface area contributed by atoms with Crippen molar-refractivity contribution in [3.8, 4) is 0 Å². The van der Waals surface area contributed by atoms with E-state index in [0.717, 1.165) is 24.8 Å². The number of rotatable bonds is 6. The zero-order valence-electron chi connectivity index (χ0n) is 16.4. The van der Waals surface area contributed by atoms with Gasteiger partial charge in [0, 0.05) is 13.0 Å². The number of carbonyl (C=O) groups is 2. The maximum absolute atomic E-state index is 11.8. The fraction of sp³-hybridized carbons (Fsp3) is 0.619. The normalized spacial score (nSPS) is 16.5. The van der Waals surface area contributed by atoms with E-state index in [1.807, 2.05) is 27.7 Å². The summed E-state index contributed by atoms with van der Waals surface area (Å²) in [5, 5.41) is 2.89. The average molecular weight is 361 g/mol. The van der Waals surface area contributed by atoms with Crippen LogP contribution in [0.1, 0.15) is 57.2 Å². The molecule has 1 aliphatic rings. The van der Waals surface area contributed by atoms with Crippen molar-refractivity contribution in [2.45, 2.75) is 65.4 Å². The molecule has 1 amide bonds. The Labute approximate surface area is 156 Å². The van der Waals surface area contributed by atoms with Crippen molar-refractivity contribution in [3.63, 3.8) is 0 Å². The lowest BCUT2D eigenvalue weighted by Gasteiger charge is -2.26. The van der Waals surface area contributed by atoms with Gasteiger partial charge in [0.25, 0.3) is 0 Å². The van der Waals surface area contributed by atoms with Gasteiger partial charge in [0.05, 0.1) is 6.61 Å². The van der Waals surface area contributed by atoms with E-state index in [2.05, 4.69) is 23.5 Å². The van der Waals surface area contributed by atoms with E-state index >= 15 is 0 Å². The van der Waals surface area contributed by atoms with Gasteiger partial charge in [0.2, 0.25) is 0 Å². The van der Waals surface area contributed by atoms with Crippen LogP contribution in [0.3, 0.4) is 0 Å². The van der Waals surface area contributed by atoms with Crippen molar-refractivity contribution in [1.29, 1.82) is 0 Å². The highest BCUT2D eigenvalue weighted by molar-refractivity contribution is 5.69. The van der Waals surface area contributed by atoms with Gasteiger partial charge < -0.3 is 14.8 Å². The van der Waals surface area contributed by atoms with E-state index in [4.69, 9.17) is 9.47 Å². The van der Waals surface area contributed by atoms with Gasteiger partial charge in [-0.3, -0.25) is 4.79 Å². The van der Waals surface area contributed by atoms with Gasteiger partial charge in [-0.05, 0) is 76.0 Å². The minimum atomic E-state index is -0.475. The van der Waals surface area contributed by atoms with Gasteiger partial charge in [0.1, 0.15) is 5.60 Å². The molecule has 1 aromatic rings. The third-order valence-corrected chi connectivity index (χ3v) is 4.46. The number of hydrogen-bond donors (Lipinski definition) is 1. The van der Waals surface area contributed by atoms with E-state index in [1.165, 1.54) is 11.1 Å². The maximum Gasteiger partial charge on any atom is 0.407 e. The van der Waals surface area contributed by atoms with Crippen LogP contribution < -0.4 is 5.32 Å². The highest BCUT2D eigenvalue weighted by atomic mass is 16.6. The third kappa shape index (κ3) is 6.70. The van der Waals surface area contributed by atoms with Gasteiger partial charge >= 0.3 is 12.1 Å². The van der Waals surface area contributed by atoms with Gasteiger partial charge in [0.15, 0.2) is 0 Å². The standard InChI is InChI=1S/C21H31NO4/c1-5-25-19(23)11-8-15-6-9-17-10-7-16(13-18(17)12-15)14-22-20(24)26-21(2,3)4/h6,9,12,16H,5,7-8,10-11,13-14H2,1-4H3,(H,22,24). The molecule has 0 aliphatic heterocycles. The first-order chi connectivity index (χ1) is 12.3. The molecule has 144 valence electrons. The smallest absolute Gasteiger partial charge is 0.407 e. The molecule has 1 unspecified atom stereocenters. The predicted molar refractivity (Wildman–Crippen MR) is 101 cm³/mol. The monoisotopic (exact) mass is 361 g/mol. The molecular weight excluding hydrogens is 330 g/mol. The van der Waals surface area contributed by atoms with E-state index in [9.17, 15) is 9.59 Å². The molecule has 5 nitrogen and oxygen atoms in total. The van der Waals surface area contributed by atoms with Crippen molar-refractivity contribution < 1.29 is 19.1 Å². The first kappa shape index (κ1) is 20.3. The summed E-state index contributed by atoms with van der Waals surface area (Å²) in [6.07, 6.45) is 3.78. The summed E-state index contributed by atoms with van der Waals surface area (Å²) in [7, 11) is 0. The van der Waals surface area contributed by atoms with E-state index in [1.54, 1.807) is 0 Å². The van der Waals surface area contributed by atoms with Gasteiger partial charge in [-0.1, -0.05) is 18.2 Å². The Bertz CT molecular complexity index is 633. The molecule has 1 aromatic carbocycles. The molecule has 1 atom stereocenters. The number of hydrogen-bond acceptors (Lipinski definition) is 4. The second-order valence-corrected chi connectivity index (χ2v) is 7.90. The molecule has 2 rings (SSSR count). The van der Waals surface area contributed by atoms with E-state index < -0.39 is 5.60 Å². The Kier molecular flexibility index (Phi) is 7.06. The number of aryl methyl sites for hydroxylation is 2. The summed E-state index contributed by atoms with van der Waals surface area (Å²) < 4.78 is 10.3. The molecule has 0 fully saturated rings. The lowest BCUT2D eigenvalue weighted by Crippen LogP contribution is -2.36. The number of nitrogens with one attached hydrogen (secondary N) is 1. The van der Waals surface area contributed by atoms with Crippen LogP contribution in [0.4, 0.5) is 4.79 Å². The van der Waals surface area contributed by atoms with E-state index in [-0.39, 0.29) is 12.1 Å². The summed E-state index contributed by atoms with van der Waals surface area (Å²) in [5.41, 5.74) is 3.39. The van der Waals surface area contributed by atoms with Crippen LogP contribution in [0.15, 0.2) is 18.2 Å². The van der Waals surface area contributed by atoms with Crippen molar-refractivity contribution in [2.24, 2.45) is 5.92 Å². The molecule has 5 heteroatoms. The van der Waals surface area contributed by atoms with Gasteiger partial charge in [-0.15, -0.1) is 0 Å². The fourth-order valence-electron chi connectivity index (χ4n) is 3.24. The molecule has 0 bridgehead atoms. The second kappa shape index (κ2) is 9.06. The number of alkyl carbamates (subject to hydrolysis) is 1.